The molecule has 4 rings (SSSR count). The van der Waals surface area contributed by atoms with Crippen LogP contribution in [0.2, 0.25) is 0 Å². The summed E-state index contributed by atoms with van der Waals surface area (Å²) in [5.74, 6) is 0.702. The van der Waals surface area contributed by atoms with E-state index < -0.39 is 6.10 Å². The molecule has 2 heterocycles. The van der Waals surface area contributed by atoms with Gasteiger partial charge in [0.1, 0.15) is 17.7 Å². The van der Waals surface area contributed by atoms with Crippen molar-refractivity contribution in [2.24, 2.45) is 0 Å². The van der Waals surface area contributed by atoms with Gasteiger partial charge in [0, 0.05) is 17.7 Å². The van der Waals surface area contributed by atoms with E-state index >= 15 is 0 Å². The predicted octanol–water partition coefficient (Wildman–Crippen LogP) is 4.01. The fraction of sp³-hybridized carbons (Fsp3) is 0.261. The zero-order chi connectivity index (χ0) is 19.5. The number of anilines is 1. The fourth-order valence-corrected chi connectivity index (χ4v) is 3.98. The summed E-state index contributed by atoms with van der Waals surface area (Å²) < 4.78 is 0. The average molecular weight is 412 g/mol. The molecule has 1 aliphatic rings. The second-order valence-electron chi connectivity index (χ2n) is 7.27. The second kappa shape index (κ2) is 9.27. The molecule has 2 aromatic carbocycles. The molecule has 0 radical (unpaired) electrons. The van der Waals surface area contributed by atoms with E-state index in [-0.39, 0.29) is 24.1 Å². The molecule has 29 heavy (non-hydrogen) atoms. The molecule has 152 valence electrons. The highest BCUT2D eigenvalue weighted by Gasteiger charge is 2.26. The first-order valence-electron chi connectivity index (χ1n) is 9.67. The Bertz CT molecular complexity index is 960. The first kappa shape index (κ1) is 21.1. The minimum absolute atomic E-state index is 0. The van der Waals surface area contributed by atoms with E-state index in [2.05, 4.69) is 10.3 Å². The standard InChI is InChI=1S/C23H25N3O2.ClH/c24-23-21(22(28)15-7-2-1-3-8-15)18(16-9-6-12-25-14-16)13-19(26-23)17-10-4-5-11-20(17)27;/h1-5,7-8,10-11,13,16,22,25,27-28H,6,9,12,14H2,(H2,24,26);1H. The molecule has 1 aromatic heterocycles. The van der Waals surface area contributed by atoms with Gasteiger partial charge in [0.05, 0.1) is 5.69 Å². The van der Waals surface area contributed by atoms with Crippen LogP contribution < -0.4 is 11.1 Å². The second-order valence-corrected chi connectivity index (χ2v) is 7.27. The van der Waals surface area contributed by atoms with Crippen molar-refractivity contribution >= 4 is 18.2 Å². The van der Waals surface area contributed by atoms with Gasteiger partial charge in [-0.05, 0) is 54.6 Å². The summed E-state index contributed by atoms with van der Waals surface area (Å²) in [7, 11) is 0. The van der Waals surface area contributed by atoms with Gasteiger partial charge in [0.2, 0.25) is 0 Å². The third kappa shape index (κ3) is 4.37. The van der Waals surface area contributed by atoms with Crippen molar-refractivity contribution in [1.29, 1.82) is 0 Å². The van der Waals surface area contributed by atoms with Crippen molar-refractivity contribution in [3.63, 3.8) is 0 Å². The minimum Gasteiger partial charge on any atom is -0.507 e. The smallest absolute Gasteiger partial charge is 0.130 e. The van der Waals surface area contributed by atoms with Crippen LogP contribution in [0.5, 0.6) is 5.75 Å². The monoisotopic (exact) mass is 411 g/mol. The number of phenols is 1. The van der Waals surface area contributed by atoms with Crippen LogP contribution in [0.1, 0.15) is 41.6 Å². The lowest BCUT2D eigenvalue weighted by Gasteiger charge is -2.28. The summed E-state index contributed by atoms with van der Waals surface area (Å²) in [4.78, 5) is 4.54. The number of pyridine rings is 1. The molecular weight excluding hydrogens is 386 g/mol. The summed E-state index contributed by atoms with van der Waals surface area (Å²) in [6.07, 6.45) is 1.24. The summed E-state index contributed by atoms with van der Waals surface area (Å²) >= 11 is 0. The molecule has 1 fully saturated rings. The van der Waals surface area contributed by atoms with Crippen LogP contribution in [0, 0.1) is 0 Å². The number of phenolic OH excluding ortho intramolecular Hbond substituents is 1. The average Bonchev–Trinajstić information content (AvgIpc) is 2.74. The van der Waals surface area contributed by atoms with Gasteiger partial charge in [0.15, 0.2) is 0 Å². The van der Waals surface area contributed by atoms with Crippen LogP contribution in [-0.2, 0) is 0 Å². The van der Waals surface area contributed by atoms with Crippen molar-refractivity contribution in [3.8, 4) is 17.0 Å². The van der Waals surface area contributed by atoms with Crippen LogP contribution in [0.15, 0.2) is 60.7 Å². The summed E-state index contributed by atoms with van der Waals surface area (Å²) in [5.41, 5.74) is 10.1. The van der Waals surface area contributed by atoms with Crippen molar-refractivity contribution in [2.45, 2.75) is 24.9 Å². The number of nitrogens with one attached hydrogen (secondary N) is 1. The van der Waals surface area contributed by atoms with Crippen LogP contribution in [0.4, 0.5) is 5.82 Å². The molecule has 0 saturated carbocycles. The van der Waals surface area contributed by atoms with Crippen LogP contribution in [-0.4, -0.2) is 28.3 Å². The number of hydrogen-bond acceptors (Lipinski definition) is 5. The van der Waals surface area contributed by atoms with Crippen molar-refractivity contribution in [3.05, 3.63) is 77.4 Å². The lowest BCUT2D eigenvalue weighted by atomic mass is 9.85. The maximum absolute atomic E-state index is 11.1. The van der Waals surface area contributed by atoms with E-state index in [0.29, 0.717) is 22.6 Å². The number of nitrogens with zero attached hydrogens (tertiary/aromatic N) is 1. The Morgan fingerprint density at radius 3 is 2.48 bits per heavy atom. The van der Waals surface area contributed by atoms with Gasteiger partial charge in [-0.2, -0.15) is 0 Å². The zero-order valence-electron chi connectivity index (χ0n) is 16.1. The van der Waals surface area contributed by atoms with Crippen LogP contribution in [0.25, 0.3) is 11.3 Å². The van der Waals surface area contributed by atoms with Gasteiger partial charge >= 0.3 is 0 Å². The Balaban J connectivity index is 0.00000240. The SMILES string of the molecule is Cl.Nc1nc(-c2ccccc2O)cc(C2CCCNC2)c1C(O)c1ccccc1. The third-order valence-corrected chi connectivity index (χ3v) is 5.43. The maximum Gasteiger partial charge on any atom is 0.130 e. The zero-order valence-corrected chi connectivity index (χ0v) is 16.9. The maximum atomic E-state index is 11.1. The van der Waals surface area contributed by atoms with E-state index in [1.807, 2.05) is 48.5 Å². The van der Waals surface area contributed by atoms with E-state index in [0.717, 1.165) is 37.1 Å². The van der Waals surface area contributed by atoms with Crippen LogP contribution >= 0.6 is 12.4 Å². The molecule has 5 N–H and O–H groups in total. The quantitative estimate of drug-likeness (QED) is 0.520. The molecule has 0 aliphatic carbocycles. The number of rotatable bonds is 4. The van der Waals surface area contributed by atoms with Gasteiger partial charge in [-0.3, -0.25) is 0 Å². The Morgan fingerprint density at radius 2 is 1.79 bits per heavy atom. The molecule has 5 nitrogen and oxygen atoms in total. The summed E-state index contributed by atoms with van der Waals surface area (Å²) in [5, 5.41) is 24.8. The topological polar surface area (TPSA) is 91.4 Å². The van der Waals surface area contributed by atoms with Crippen molar-refractivity contribution in [2.75, 3.05) is 18.8 Å². The third-order valence-electron chi connectivity index (χ3n) is 5.43. The lowest BCUT2D eigenvalue weighted by molar-refractivity contribution is 0.218. The van der Waals surface area contributed by atoms with Crippen molar-refractivity contribution in [1.82, 2.24) is 10.3 Å². The highest BCUT2D eigenvalue weighted by atomic mass is 35.5. The number of halogens is 1. The molecular formula is C23H26ClN3O2. The summed E-state index contributed by atoms with van der Waals surface area (Å²) in [6, 6.07) is 18.6. The van der Waals surface area contributed by atoms with E-state index in [1.54, 1.807) is 12.1 Å². The van der Waals surface area contributed by atoms with Gasteiger partial charge in [0.25, 0.3) is 0 Å². The predicted molar refractivity (Wildman–Crippen MR) is 118 cm³/mol. The van der Waals surface area contributed by atoms with Gasteiger partial charge in [-0.15, -0.1) is 12.4 Å². The number of piperidine rings is 1. The van der Waals surface area contributed by atoms with Crippen molar-refractivity contribution < 1.29 is 10.2 Å². The Morgan fingerprint density at radius 1 is 1.07 bits per heavy atom. The number of hydrogen-bond donors (Lipinski definition) is 4. The highest BCUT2D eigenvalue weighted by Crippen LogP contribution is 2.39. The normalized spacial score (nSPS) is 17.3. The van der Waals surface area contributed by atoms with Gasteiger partial charge < -0.3 is 21.3 Å². The van der Waals surface area contributed by atoms with Gasteiger partial charge in [-0.25, -0.2) is 4.98 Å². The minimum atomic E-state index is -0.843. The summed E-state index contributed by atoms with van der Waals surface area (Å²) in [6.45, 7) is 1.83. The molecule has 1 aliphatic heterocycles. The van der Waals surface area contributed by atoms with E-state index in [4.69, 9.17) is 5.73 Å². The first-order chi connectivity index (χ1) is 13.6. The fourth-order valence-electron chi connectivity index (χ4n) is 3.98. The van der Waals surface area contributed by atoms with E-state index in [1.165, 1.54) is 0 Å². The lowest BCUT2D eigenvalue weighted by Crippen LogP contribution is -2.29. The number of para-hydroxylation sites is 1. The first-order valence-corrected chi connectivity index (χ1v) is 9.67. The molecule has 6 heteroatoms. The molecule has 0 amide bonds. The van der Waals surface area contributed by atoms with Gasteiger partial charge in [-0.1, -0.05) is 42.5 Å². The number of aromatic nitrogens is 1. The Kier molecular flexibility index (Phi) is 6.75. The Hall–Kier alpha value is -2.60. The van der Waals surface area contributed by atoms with Crippen LogP contribution in [0.3, 0.4) is 0 Å². The number of aromatic hydroxyl groups is 1. The number of aliphatic hydroxyl groups is 1. The highest BCUT2D eigenvalue weighted by molar-refractivity contribution is 5.85. The molecule has 0 bridgehead atoms. The largest absolute Gasteiger partial charge is 0.507 e. The van der Waals surface area contributed by atoms with E-state index in [9.17, 15) is 10.2 Å². The molecule has 2 unspecified atom stereocenters. The number of nitrogens with two attached hydrogens (primary N) is 1. The molecule has 2 atom stereocenters. The Labute approximate surface area is 177 Å². The molecule has 1 saturated heterocycles. The number of nitrogen functional groups attached to an aromatic ring is 1. The molecule has 3 aromatic rings. The number of aliphatic hydroxyl groups excluding tert-OH is 1. The molecule has 0 spiro atoms. The number of benzene rings is 2.